The van der Waals surface area contributed by atoms with Crippen LogP contribution in [-0.2, 0) is 0 Å². The van der Waals surface area contributed by atoms with Crippen molar-refractivity contribution in [2.45, 2.75) is 104 Å². The van der Waals surface area contributed by atoms with Crippen molar-refractivity contribution in [3.8, 4) is 0 Å². The van der Waals surface area contributed by atoms with Crippen LogP contribution < -0.4 is 0 Å². The lowest BCUT2D eigenvalue weighted by atomic mass is 9.63. The Morgan fingerprint density at radius 1 is 0.720 bits per heavy atom. The zero-order valence-corrected chi connectivity index (χ0v) is 17.4. The minimum Gasteiger partial charge on any atom is -0.0883 e. The molecule has 3 unspecified atom stereocenters. The molecule has 0 radical (unpaired) electrons. The predicted octanol–water partition coefficient (Wildman–Crippen LogP) is 8.03. The monoisotopic (exact) mass is 344 g/mol. The summed E-state index contributed by atoms with van der Waals surface area (Å²) < 4.78 is 0. The molecule has 0 bridgehead atoms. The third kappa shape index (κ3) is 5.36. The van der Waals surface area contributed by atoms with Crippen LogP contribution in [0, 0.1) is 41.4 Å². The lowest BCUT2D eigenvalue weighted by Gasteiger charge is -2.43. The van der Waals surface area contributed by atoms with E-state index in [9.17, 15) is 0 Å². The first-order valence-electron chi connectivity index (χ1n) is 11.8. The third-order valence-corrected chi connectivity index (χ3v) is 8.27. The van der Waals surface area contributed by atoms with E-state index in [2.05, 4.69) is 32.9 Å². The number of rotatable bonds is 5. The fraction of sp³-hybridized carbons (Fsp3) is 0.920. The van der Waals surface area contributed by atoms with Crippen molar-refractivity contribution in [3.63, 3.8) is 0 Å². The highest BCUT2D eigenvalue weighted by Crippen LogP contribution is 2.47. The summed E-state index contributed by atoms with van der Waals surface area (Å²) in [6.45, 7) is 7.31. The van der Waals surface area contributed by atoms with E-state index in [1.165, 1.54) is 57.8 Å². The Balaban J connectivity index is 1.40. The smallest absolute Gasteiger partial charge is 0.0233 e. The van der Waals surface area contributed by atoms with Gasteiger partial charge in [-0.2, -0.15) is 0 Å². The largest absolute Gasteiger partial charge is 0.0883 e. The first-order chi connectivity index (χ1) is 12.2. The van der Waals surface area contributed by atoms with E-state index in [4.69, 9.17) is 0 Å². The summed E-state index contributed by atoms with van der Waals surface area (Å²) in [6.07, 6.45) is 24.3. The Kier molecular flexibility index (Phi) is 7.50. The second-order valence-electron chi connectivity index (χ2n) is 10.1. The molecule has 0 N–H and O–H groups in total. The first-order valence-corrected chi connectivity index (χ1v) is 11.8. The fourth-order valence-corrected chi connectivity index (χ4v) is 6.70. The Morgan fingerprint density at radius 2 is 1.32 bits per heavy atom. The molecule has 0 aromatic heterocycles. The molecule has 0 aromatic rings. The Morgan fingerprint density at radius 3 is 1.92 bits per heavy atom. The van der Waals surface area contributed by atoms with Crippen LogP contribution in [0.4, 0.5) is 0 Å². The van der Waals surface area contributed by atoms with Gasteiger partial charge in [0.25, 0.3) is 0 Å². The summed E-state index contributed by atoms with van der Waals surface area (Å²) >= 11 is 0. The number of unbranched alkanes of at least 4 members (excludes halogenated alkanes) is 1. The molecule has 0 aromatic carbocycles. The summed E-state index contributed by atoms with van der Waals surface area (Å²) in [7, 11) is 0. The van der Waals surface area contributed by atoms with E-state index >= 15 is 0 Å². The highest BCUT2D eigenvalue weighted by molar-refractivity contribution is 4.93. The van der Waals surface area contributed by atoms with E-state index in [1.807, 2.05) is 0 Å². The number of hydrogen-bond donors (Lipinski definition) is 0. The normalized spacial score (nSPS) is 43.4. The third-order valence-electron chi connectivity index (χ3n) is 8.27. The first kappa shape index (κ1) is 19.5. The molecule has 0 spiro atoms. The SMILES string of the molecule is CCC/C=C/C1CCC(C2CCC(C3CCC(C)CC3C)CC2)CC1. The van der Waals surface area contributed by atoms with E-state index in [0.717, 1.165) is 41.4 Å². The fourth-order valence-electron chi connectivity index (χ4n) is 6.70. The van der Waals surface area contributed by atoms with E-state index in [-0.39, 0.29) is 0 Å². The molecular formula is C25H44. The maximum absolute atomic E-state index is 2.56. The van der Waals surface area contributed by atoms with Gasteiger partial charge in [-0.15, -0.1) is 0 Å². The van der Waals surface area contributed by atoms with Crippen LogP contribution in [0.15, 0.2) is 12.2 Å². The van der Waals surface area contributed by atoms with Crippen LogP contribution in [0.5, 0.6) is 0 Å². The van der Waals surface area contributed by atoms with Gasteiger partial charge in [0, 0.05) is 0 Å². The Bertz CT molecular complexity index is 392. The Hall–Kier alpha value is -0.260. The van der Waals surface area contributed by atoms with Gasteiger partial charge in [0.2, 0.25) is 0 Å². The second-order valence-corrected chi connectivity index (χ2v) is 10.1. The van der Waals surface area contributed by atoms with Gasteiger partial charge in [-0.25, -0.2) is 0 Å². The van der Waals surface area contributed by atoms with Gasteiger partial charge in [-0.3, -0.25) is 0 Å². The van der Waals surface area contributed by atoms with Crippen molar-refractivity contribution >= 4 is 0 Å². The molecule has 0 aliphatic heterocycles. The molecule has 3 fully saturated rings. The van der Waals surface area contributed by atoms with Crippen molar-refractivity contribution in [1.82, 2.24) is 0 Å². The zero-order valence-electron chi connectivity index (χ0n) is 17.4. The zero-order chi connectivity index (χ0) is 17.6. The van der Waals surface area contributed by atoms with Gasteiger partial charge in [0.15, 0.2) is 0 Å². The van der Waals surface area contributed by atoms with Crippen LogP contribution in [-0.4, -0.2) is 0 Å². The predicted molar refractivity (Wildman–Crippen MR) is 111 cm³/mol. The average Bonchev–Trinajstić information content (AvgIpc) is 2.63. The van der Waals surface area contributed by atoms with Crippen LogP contribution >= 0.6 is 0 Å². The van der Waals surface area contributed by atoms with Crippen LogP contribution in [0.25, 0.3) is 0 Å². The maximum Gasteiger partial charge on any atom is -0.0233 e. The van der Waals surface area contributed by atoms with Crippen molar-refractivity contribution < 1.29 is 0 Å². The summed E-state index contributed by atoms with van der Waals surface area (Å²) in [5.41, 5.74) is 0. The molecular weight excluding hydrogens is 300 g/mol. The topological polar surface area (TPSA) is 0 Å². The van der Waals surface area contributed by atoms with Crippen LogP contribution in [0.2, 0.25) is 0 Å². The standard InChI is InChI=1S/C25H44/c1-4-5-6-7-21-9-11-22(12-10-21)23-13-15-24(16-14-23)25-17-8-19(2)18-20(25)3/h6-7,19-25H,4-5,8-18H2,1-3H3/b7-6+. The average molecular weight is 345 g/mol. The number of allylic oxidation sites excluding steroid dienone is 2. The van der Waals surface area contributed by atoms with Gasteiger partial charge >= 0.3 is 0 Å². The summed E-state index contributed by atoms with van der Waals surface area (Å²) in [5, 5.41) is 0. The molecule has 144 valence electrons. The van der Waals surface area contributed by atoms with Crippen LogP contribution in [0.1, 0.15) is 104 Å². The lowest BCUT2D eigenvalue weighted by Crippen LogP contribution is -2.32. The van der Waals surface area contributed by atoms with Gasteiger partial charge in [0.1, 0.15) is 0 Å². The quantitative estimate of drug-likeness (QED) is 0.443. The van der Waals surface area contributed by atoms with Crippen molar-refractivity contribution in [2.24, 2.45) is 41.4 Å². The van der Waals surface area contributed by atoms with Crippen LogP contribution in [0.3, 0.4) is 0 Å². The molecule has 0 heterocycles. The van der Waals surface area contributed by atoms with Crippen molar-refractivity contribution in [2.75, 3.05) is 0 Å². The second kappa shape index (κ2) is 9.61. The summed E-state index contributed by atoms with van der Waals surface area (Å²) in [4.78, 5) is 0. The van der Waals surface area contributed by atoms with Gasteiger partial charge in [0.05, 0.1) is 0 Å². The molecule has 0 saturated heterocycles. The van der Waals surface area contributed by atoms with Gasteiger partial charge in [-0.05, 0) is 112 Å². The maximum atomic E-state index is 2.56. The van der Waals surface area contributed by atoms with E-state index < -0.39 is 0 Å². The Labute approximate surface area is 158 Å². The molecule has 25 heavy (non-hydrogen) atoms. The number of hydrogen-bond acceptors (Lipinski definition) is 0. The minimum absolute atomic E-state index is 0.907. The lowest BCUT2D eigenvalue weighted by molar-refractivity contribution is 0.0798. The van der Waals surface area contributed by atoms with Crippen molar-refractivity contribution in [3.05, 3.63) is 12.2 Å². The van der Waals surface area contributed by atoms with E-state index in [0.29, 0.717) is 0 Å². The van der Waals surface area contributed by atoms with Crippen molar-refractivity contribution in [1.29, 1.82) is 0 Å². The molecule has 3 saturated carbocycles. The molecule has 3 aliphatic carbocycles. The molecule has 0 nitrogen and oxygen atoms in total. The highest BCUT2D eigenvalue weighted by Gasteiger charge is 2.36. The minimum atomic E-state index is 0.907. The summed E-state index contributed by atoms with van der Waals surface area (Å²) in [6, 6.07) is 0. The van der Waals surface area contributed by atoms with E-state index in [1.54, 1.807) is 25.7 Å². The van der Waals surface area contributed by atoms with Gasteiger partial charge in [-0.1, -0.05) is 45.8 Å². The molecule has 3 rings (SSSR count). The molecule has 0 amide bonds. The van der Waals surface area contributed by atoms with Gasteiger partial charge < -0.3 is 0 Å². The molecule has 0 heteroatoms. The highest BCUT2D eigenvalue weighted by atomic mass is 14.4. The molecule has 3 aliphatic rings. The summed E-state index contributed by atoms with van der Waals surface area (Å²) in [5.74, 6) is 7.18. The molecule has 3 atom stereocenters.